The van der Waals surface area contributed by atoms with Crippen LogP contribution >= 0.6 is 40.3 Å². The minimum absolute atomic E-state index is 0. The summed E-state index contributed by atoms with van der Waals surface area (Å²) >= 11 is 7.87. The monoisotopic (exact) mass is 439 g/mol. The Balaban J connectivity index is 0.00000182. The van der Waals surface area contributed by atoms with Crippen molar-refractivity contribution < 1.29 is 9.68 Å². The van der Waals surface area contributed by atoms with E-state index in [1.165, 1.54) is 0 Å². The van der Waals surface area contributed by atoms with Crippen LogP contribution in [-0.4, -0.2) is 33.2 Å². The van der Waals surface area contributed by atoms with Gasteiger partial charge < -0.3 is 5.11 Å². The van der Waals surface area contributed by atoms with Crippen molar-refractivity contribution in [3.63, 3.8) is 0 Å². The number of benzene rings is 2. The molecule has 132 valence electrons. The van der Waals surface area contributed by atoms with Crippen molar-refractivity contribution in [2.45, 2.75) is 25.1 Å². The van der Waals surface area contributed by atoms with Crippen LogP contribution in [0.3, 0.4) is 0 Å². The Bertz CT molecular complexity index is 784. The molecule has 2 aromatic carbocycles. The fourth-order valence-corrected chi connectivity index (χ4v) is 5.18. The molecule has 0 fully saturated rings. The number of nitrogens with zero attached hydrogens (tertiary/aromatic N) is 2. The number of amidine groups is 1. The van der Waals surface area contributed by atoms with Crippen molar-refractivity contribution in [3.8, 4) is 0 Å². The van der Waals surface area contributed by atoms with E-state index < -0.39 is 5.72 Å². The zero-order chi connectivity index (χ0) is 16.7. The average molecular weight is 441 g/mol. The van der Waals surface area contributed by atoms with Gasteiger partial charge in [-0.3, -0.25) is 0 Å². The molecule has 2 heterocycles. The lowest BCUT2D eigenvalue weighted by Crippen LogP contribution is -2.47. The summed E-state index contributed by atoms with van der Waals surface area (Å²) < 4.78 is 2.35. The van der Waals surface area contributed by atoms with Gasteiger partial charge in [0, 0.05) is 16.3 Å². The standard InChI is InChI=1S/C19H20ClN2OS.BrH/c1-2-16-12-24-18-21(16)13-19(23,14-8-10-15(20)11-9-14)22(18)17-6-4-3-5-7-17;/h3-11,16,23H,2,12-13H2,1H3;1H/q+1;. The van der Waals surface area contributed by atoms with E-state index >= 15 is 0 Å². The molecule has 2 atom stereocenters. The van der Waals surface area contributed by atoms with Crippen molar-refractivity contribution in [3.05, 3.63) is 65.2 Å². The Morgan fingerprint density at radius 3 is 2.52 bits per heavy atom. The molecule has 0 aliphatic carbocycles. The van der Waals surface area contributed by atoms with Crippen molar-refractivity contribution in [2.75, 3.05) is 17.2 Å². The molecule has 0 aromatic heterocycles. The molecule has 2 unspecified atom stereocenters. The van der Waals surface area contributed by atoms with Crippen molar-refractivity contribution in [1.29, 1.82) is 0 Å². The quantitative estimate of drug-likeness (QED) is 0.713. The maximum atomic E-state index is 11.7. The van der Waals surface area contributed by atoms with Crippen LogP contribution in [0.5, 0.6) is 0 Å². The van der Waals surface area contributed by atoms with Gasteiger partial charge in [-0.25, -0.2) is 4.58 Å². The average Bonchev–Trinajstić information content (AvgIpc) is 3.11. The number of hydrogen-bond donors (Lipinski definition) is 1. The minimum atomic E-state index is -1.08. The van der Waals surface area contributed by atoms with Gasteiger partial charge in [0.15, 0.2) is 6.54 Å². The normalized spacial score (nSPS) is 25.1. The summed E-state index contributed by atoms with van der Waals surface area (Å²) in [6, 6.07) is 18.1. The molecule has 2 aliphatic rings. The van der Waals surface area contributed by atoms with Gasteiger partial charge in [0.1, 0.15) is 11.7 Å². The largest absolute Gasteiger partial charge is 0.346 e. The molecule has 2 aliphatic heterocycles. The van der Waals surface area contributed by atoms with Gasteiger partial charge in [-0.2, -0.15) is 4.90 Å². The van der Waals surface area contributed by atoms with Gasteiger partial charge in [0.25, 0.3) is 5.72 Å². The van der Waals surface area contributed by atoms with Crippen LogP contribution < -0.4 is 4.90 Å². The van der Waals surface area contributed by atoms with Gasteiger partial charge >= 0.3 is 5.17 Å². The maximum absolute atomic E-state index is 11.7. The third kappa shape index (κ3) is 3.12. The highest BCUT2D eigenvalue weighted by atomic mass is 79.9. The molecular formula is C19H21BrClN2OS+. The van der Waals surface area contributed by atoms with Crippen LogP contribution in [0, 0.1) is 0 Å². The number of hydrogen-bond acceptors (Lipinski definition) is 3. The Morgan fingerprint density at radius 1 is 1.20 bits per heavy atom. The zero-order valence-corrected chi connectivity index (χ0v) is 17.2. The van der Waals surface area contributed by atoms with Crippen LogP contribution in [-0.2, 0) is 5.72 Å². The maximum Gasteiger partial charge on any atom is 0.317 e. The molecule has 0 amide bonds. The Kier molecular flexibility index (Phi) is 5.49. The summed E-state index contributed by atoms with van der Waals surface area (Å²) in [7, 11) is 0. The first-order valence-corrected chi connectivity index (χ1v) is 9.60. The molecule has 0 saturated carbocycles. The molecular weight excluding hydrogens is 420 g/mol. The van der Waals surface area contributed by atoms with Crippen molar-refractivity contribution in [2.24, 2.45) is 0 Å². The van der Waals surface area contributed by atoms with Gasteiger partial charge in [-0.05, 0) is 42.4 Å². The second kappa shape index (κ2) is 7.31. The zero-order valence-electron chi connectivity index (χ0n) is 13.9. The fraction of sp³-hybridized carbons (Fsp3) is 0.316. The van der Waals surface area contributed by atoms with E-state index in [1.54, 1.807) is 0 Å². The fourth-order valence-electron chi connectivity index (χ4n) is 3.53. The molecule has 0 radical (unpaired) electrons. The summed E-state index contributed by atoms with van der Waals surface area (Å²) in [6.45, 7) is 2.78. The van der Waals surface area contributed by atoms with E-state index in [9.17, 15) is 5.11 Å². The molecule has 2 aromatic rings. The molecule has 0 bridgehead atoms. The minimum Gasteiger partial charge on any atom is -0.346 e. The smallest absolute Gasteiger partial charge is 0.317 e. The number of halogens is 2. The van der Waals surface area contributed by atoms with E-state index in [4.69, 9.17) is 11.6 Å². The predicted molar refractivity (Wildman–Crippen MR) is 111 cm³/mol. The van der Waals surface area contributed by atoms with E-state index in [-0.39, 0.29) is 17.0 Å². The first kappa shape index (κ1) is 18.8. The van der Waals surface area contributed by atoms with E-state index in [0.717, 1.165) is 28.6 Å². The van der Waals surface area contributed by atoms with Crippen LogP contribution in [0.15, 0.2) is 54.6 Å². The number of aliphatic hydroxyl groups is 1. The number of para-hydroxylation sites is 1. The number of thioether (sulfide) groups is 1. The molecule has 0 saturated heterocycles. The van der Waals surface area contributed by atoms with Crippen molar-refractivity contribution in [1.82, 2.24) is 0 Å². The highest BCUT2D eigenvalue weighted by Gasteiger charge is 2.57. The summed E-state index contributed by atoms with van der Waals surface area (Å²) in [5, 5.41) is 13.5. The lowest BCUT2D eigenvalue weighted by Gasteiger charge is -2.29. The molecule has 25 heavy (non-hydrogen) atoms. The Labute approximate surface area is 168 Å². The molecule has 6 heteroatoms. The highest BCUT2D eigenvalue weighted by Crippen LogP contribution is 2.42. The number of rotatable bonds is 3. The summed E-state index contributed by atoms with van der Waals surface area (Å²) in [5.74, 6) is 1.08. The van der Waals surface area contributed by atoms with Crippen LogP contribution in [0.25, 0.3) is 0 Å². The van der Waals surface area contributed by atoms with E-state index in [1.807, 2.05) is 54.2 Å². The van der Waals surface area contributed by atoms with Gasteiger partial charge in [0.2, 0.25) is 0 Å². The predicted octanol–water partition coefficient (Wildman–Crippen LogP) is 4.48. The molecule has 0 spiro atoms. The number of anilines is 1. The van der Waals surface area contributed by atoms with Gasteiger partial charge in [-0.1, -0.05) is 48.9 Å². The summed E-state index contributed by atoms with van der Waals surface area (Å²) in [4.78, 5) is 2.08. The topological polar surface area (TPSA) is 26.5 Å². The van der Waals surface area contributed by atoms with E-state index in [0.29, 0.717) is 17.6 Å². The summed E-state index contributed by atoms with van der Waals surface area (Å²) in [5.41, 5.74) is 0.798. The second-order valence-electron chi connectivity index (χ2n) is 6.28. The van der Waals surface area contributed by atoms with Crippen LogP contribution in [0.2, 0.25) is 5.02 Å². The van der Waals surface area contributed by atoms with Gasteiger partial charge in [-0.15, -0.1) is 17.0 Å². The molecule has 1 N–H and O–H groups in total. The summed E-state index contributed by atoms with van der Waals surface area (Å²) in [6.07, 6.45) is 1.08. The van der Waals surface area contributed by atoms with Crippen LogP contribution in [0.4, 0.5) is 5.69 Å². The third-order valence-corrected chi connectivity index (χ3v) is 6.31. The Morgan fingerprint density at radius 2 is 1.88 bits per heavy atom. The van der Waals surface area contributed by atoms with Crippen molar-refractivity contribution >= 4 is 51.2 Å². The lowest BCUT2D eigenvalue weighted by atomic mass is 10.0. The second-order valence-corrected chi connectivity index (χ2v) is 7.70. The van der Waals surface area contributed by atoms with Crippen LogP contribution in [0.1, 0.15) is 18.9 Å². The third-order valence-electron chi connectivity index (χ3n) is 4.84. The molecule has 4 rings (SSSR count). The lowest BCUT2D eigenvalue weighted by molar-refractivity contribution is -0.561. The van der Waals surface area contributed by atoms with Gasteiger partial charge in [0.05, 0.1) is 0 Å². The first-order chi connectivity index (χ1) is 11.6. The first-order valence-electron chi connectivity index (χ1n) is 8.23. The highest BCUT2D eigenvalue weighted by molar-refractivity contribution is 8.93. The molecule has 3 nitrogen and oxygen atoms in total. The van der Waals surface area contributed by atoms with E-state index in [2.05, 4.69) is 28.5 Å². The Hall–Kier alpha value is -1.01. The SMILES string of the molecule is Br.CCC1CSC2=[N+]1CC(O)(c1ccc(Cl)cc1)N2c1ccccc1.